The molecule has 1 amide bonds. The van der Waals surface area contributed by atoms with E-state index in [-0.39, 0.29) is 5.91 Å². The van der Waals surface area contributed by atoms with Gasteiger partial charge < -0.3 is 19.2 Å². The first-order valence-electron chi connectivity index (χ1n) is 8.11. The van der Waals surface area contributed by atoms with E-state index in [0.717, 1.165) is 28.7 Å². The normalized spacial score (nSPS) is 11.1. The predicted molar refractivity (Wildman–Crippen MR) is 94.8 cm³/mol. The maximum Gasteiger partial charge on any atom is 0.224 e. The van der Waals surface area contributed by atoms with Crippen molar-refractivity contribution in [2.45, 2.75) is 19.5 Å². The quantitative estimate of drug-likeness (QED) is 0.725. The number of ether oxygens (including phenoxy) is 1. The summed E-state index contributed by atoms with van der Waals surface area (Å²) in [7, 11) is 3.68. The minimum atomic E-state index is 0.0332. The molecule has 3 aromatic rings. The van der Waals surface area contributed by atoms with Crippen molar-refractivity contribution in [2.24, 2.45) is 7.05 Å². The van der Waals surface area contributed by atoms with Crippen LogP contribution in [-0.4, -0.2) is 28.8 Å². The minimum Gasteiger partial charge on any atom is -0.383 e. The molecule has 1 aromatic carbocycles. The summed E-state index contributed by atoms with van der Waals surface area (Å²) in [5, 5.41) is 4.13. The van der Waals surface area contributed by atoms with Gasteiger partial charge in [-0.05, 0) is 23.8 Å². The monoisotopic (exact) mass is 325 g/mol. The Morgan fingerprint density at radius 3 is 2.79 bits per heavy atom. The van der Waals surface area contributed by atoms with Crippen LogP contribution in [0.2, 0.25) is 0 Å². The molecule has 24 heavy (non-hydrogen) atoms. The molecule has 0 saturated heterocycles. The zero-order valence-corrected chi connectivity index (χ0v) is 14.2. The second kappa shape index (κ2) is 7.36. The Labute approximate surface area is 141 Å². The molecule has 3 rings (SSSR count). The fourth-order valence-electron chi connectivity index (χ4n) is 2.94. The number of fused-ring (bicyclic) bond motifs is 1. The van der Waals surface area contributed by atoms with Gasteiger partial charge in [0.1, 0.15) is 0 Å². The van der Waals surface area contributed by atoms with Crippen LogP contribution in [-0.2, 0) is 36.1 Å². The van der Waals surface area contributed by atoms with Gasteiger partial charge in [-0.25, -0.2) is 0 Å². The van der Waals surface area contributed by atoms with Gasteiger partial charge in [-0.2, -0.15) is 0 Å². The number of benzene rings is 1. The molecule has 0 atom stereocenters. The average molecular weight is 325 g/mol. The maximum atomic E-state index is 12.3. The van der Waals surface area contributed by atoms with Crippen molar-refractivity contribution in [2.75, 3.05) is 13.7 Å². The Hall–Kier alpha value is -2.53. The second-order valence-electron chi connectivity index (χ2n) is 5.92. The highest BCUT2D eigenvalue weighted by atomic mass is 16.5. The third kappa shape index (κ3) is 3.51. The van der Waals surface area contributed by atoms with Gasteiger partial charge in [0, 0.05) is 49.7 Å². The highest BCUT2D eigenvalue weighted by Crippen LogP contribution is 2.21. The molecule has 5 nitrogen and oxygen atoms in total. The second-order valence-corrected chi connectivity index (χ2v) is 5.92. The molecule has 0 aliphatic carbocycles. The van der Waals surface area contributed by atoms with E-state index in [4.69, 9.17) is 4.74 Å². The number of para-hydroxylation sites is 1. The Morgan fingerprint density at radius 2 is 2.04 bits per heavy atom. The van der Waals surface area contributed by atoms with Crippen LogP contribution in [0.1, 0.15) is 11.3 Å². The molecule has 0 radical (unpaired) electrons. The van der Waals surface area contributed by atoms with Crippen molar-refractivity contribution in [1.29, 1.82) is 0 Å². The summed E-state index contributed by atoms with van der Waals surface area (Å²) < 4.78 is 9.34. The molecule has 2 heterocycles. The molecule has 0 bridgehead atoms. The van der Waals surface area contributed by atoms with Crippen molar-refractivity contribution in [3.63, 3.8) is 0 Å². The van der Waals surface area contributed by atoms with Gasteiger partial charge in [0.05, 0.1) is 19.6 Å². The van der Waals surface area contributed by atoms with E-state index in [1.807, 2.05) is 42.1 Å². The van der Waals surface area contributed by atoms with Gasteiger partial charge in [-0.1, -0.05) is 18.2 Å². The fourth-order valence-corrected chi connectivity index (χ4v) is 2.94. The van der Waals surface area contributed by atoms with Gasteiger partial charge in [-0.3, -0.25) is 4.79 Å². The highest BCUT2D eigenvalue weighted by Gasteiger charge is 2.12. The molecule has 0 unspecified atom stereocenters. The molecule has 0 spiro atoms. The third-order valence-corrected chi connectivity index (χ3v) is 4.28. The van der Waals surface area contributed by atoms with Gasteiger partial charge in [-0.15, -0.1) is 0 Å². The van der Waals surface area contributed by atoms with Crippen molar-refractivity contribution in [3.8, 4) is 0 Å². The lowest BCUT2D eigenvalue weighted by molar-refractivity contribution is -0.120. The molecule has 126 valence electrons. The van der Waals surface area contributed by atoms with E-state index < -0.39 is 0 Å². The Bertz CT molecular complexity index is 832. The van der Waals surface area contributed by atoms with Crippen LogP contribution in [0, 0.1) is 0 Å². The number of carbonyl (C=O) groups is 1. The largest absolute Gasteiger partial charge is 0.383 e. The van der Waals surface area contributed by atoms with E-state index in [9.17, 15) is 4.79 Å². The summed E-state index contributed by atoms with van der Waals surface area (Å²) in [6, 6.07) is 12.2. The van der Waals surface area contributed by atoms with Gasteiger partial charge in [0.2, 0.25) is 5.91 Å². The number of rotatable bonds is 7. The summed E-state index contributed by atoms with van der Waals surface area (Å²) in [5.41, 5.74) is 3.27. The number of amides is 1. The zero-order valence-electron chi connectivity index (χ0n) is 14.2. The number of hydrogen-bond donors (Lipinski definition) is 1. The zero-order chi connectivity index (χ0) is 16.9. The lowest BCUT2D eigenvalue weighted by atomic mass is 10.1. The van der Waals surface area contributed by atoms with Crippen LogP contribution in [0.15, 0.2) is 48.8 Å². The summed E-state index contributed by atoms with van der Waals surface area (Å²) in [4.78, 5) is 12.3. The van der Waals surface area contributed by atoms with Crippen LogP contribution in [0.5, 0.6) is 0 Å². The van der Waals surface area contributed by atoms with Crippen molar-refractivity contribution in [3.05, 3.63) is 60.0 Å². The number of hydrogen-bond acceptors (Lipinski definition) is 2. The number of nitrogens with one attached hydrogen (secondary N) is 1. The minimum absolute atomic E-state index is 0.0332. The number of aryl methyl sites for hydroxylation is 1. The van der Waals surface area contributed by atoms with Crippen LogP contribution in [0.3, 0.4) is 0 Å². The number of methoxy groups -OCH3 is 1. The van der Waals surface area contributed by atoms with Crippen LogP contribution in [0.4, 0.5) is 0 Å². The fraction of sp³-hybridized carbons (Fsp3) is 0.316. The first kappa shape index (κ1) is 16.3. The summed E-state index contributed by atoms with van der Waals surface area (Å²) in [6.45, 7) is 1.98. The molecule has 0 saturated carbocycles. The first-order chi connectivity index (χ1) is 11.7. The summed E-state index contributed by atoms with van der Waals surface area (Å²) in [5.74, 6) is 0.0332. The van der Waals surface area contributed by atoms with E-state index in [1.165, 1.54) is 0 Å². The highest BCUT2D eigenvalue weighted by molar-refractivity contribution is 5.89. The van der Waals surface area contributed by atoms with Gasteiger partial charge >= 0.3 is 0 Å². The summed E-state index contributed by atoms with van der Waals surface area (Å²) >= 11 is 0. The van der Waals surface area contributed by atoms with Crippen molar-refractivity contribution >= 4 is 16.8 Å². The predicted octanol–water partition coefficient (Wildman–Crippen LogP) is 2.49. The maximum absolute atomic E-state index is 12.3. The van der Waals surface area contributed by atoms with Crippen LogP contribution >= 0.6 is 0 Å². The average Bonchev–Trinajstić information content (AvgIpc) is 3.15. The van der Waals surface area contributed by atoms with Crippen molar-refractivity contribution in [1.82, 2.24) is 14.5 Å². The Kier molecular flexibility index (Phi) is 5.01. The first-order valence-corrected chi connectivity index (χ1v) is 8.11. The molecule has 0 fully saturated rings. The van der Waals surface area contributed by atoms with Gasteiger partial charge in [0.15, 0.2) is 0 Å². The lowest BCUT2D eigenvalue weighted by Gasteiger charge is -2.06. The van der Waals surface area contributed by atoms with E-state index in [2.05, 4.69) is 28.2 Å². The SMILES string of the molecule is COCCn1cc(CC(=O)NCc2cccn2C)c2ccccc21. The molecule has 0 aliphatic rings. The third-order valence-electron chi connectivity index (χ3n) is 4.28. The molecule has 0 aliphatic heterocycles. The van der Waals surface area contributed by atoms with Crippen LogP contribution in [0.25, 0.3) is 10.9 Å². The number of aromatic nitrogens is 2. The van der Waals surface area contributed by atoms with Gasteiger partial charge in [0.25, 0.3) is 0 Å². The molecule has 2 aromatic heterocycles. The molecule has 5 heteroatoms. The standard InChI is InChI=1S/C19H23N3O2/c1-21-9-5-6-16(21)13-20-19(23)12-15-14-22(10-11-24-2)18-8-4-3-7-17(15)18/h3-9,14H,10-13H2,1-2H3,(H,20,23). The number of nitrogens with zero attached hydrogens (tertiary/aromatic N) is 2. The smallest absolute Gasteiger partial charge is 0.224 e. The Morgan fingerprint density at radius 1 is 1.21 bits per heavy atom. The molecular weight excluding hydrogens is 302 g/mol. The van der Waals surface area contributed by atoms with Crippen LogP contribution < -0.4 is 5.32 Å². The van der Waals surface area contributed by atoms with Crippen molar-refractivity contribution < 1.29 is 9.53 Å². The lowest BCUT2D eigenvalue weighted by Crippen LogP contribution is -2.25. The van der Waals surface area contributed by atoms with E-state index in [0.29, 0.717) is 19.6 Å². The number of carbonyl (C=O) groups excluding carboxylic acids is 1. The summed E-state index contributed by atoms with van der Waals surface area (Å²) in [6.07, 6.45) is 4.42. The molecule has 1 N–H and O–H groups in total. The molecular formula is C19H23N3O2. The van der Waals surface area contributed by atoms with E-state index >= 15 is 0 Å². The Balaban J connectivity index is 1.72. The topological polar surface area (TPSA) is 48.2 Å². The van der Waals surface area contributed by atoms with E-state index in [1.54, 1.807) is 7.11 Å².